The fourth-order valence-corrected chi connectivity index (χ4v) is 3.32. The number of likely N-dealkylation sites (tertiary alicyclic amines) is 1. The maximum Gasteiger partial charge on any atom is 0.222 e. The van der Waals surface area contributed by atoms with E-state index in [4.69, 9.17) is 0 Å². The normalized spacial score (nSPS) is 27.5. The number of carbonyl (C=O) groups is 1. The lowest BCUT2D eigenvalue weighted by Gasteiger charge is -2.44. The maximum atomic E-state index is 12.1. The first kappa shape index (κ1) is 13.3. The second kappa shape index (κ2) is 4.83. The number of rotatable bonds is 3. The Kier molecular flexibility index (Phi) is 3.77. The van der Waals surface area contributed by atoms with Crippen LogP contribution in [0.2, 0.25) is 0 Å². The largest absolute Gasteiger partial charge is 0.342 e. The first-order valence-corrected chi connectivity index (χ1v) is 7.48. The van der Waals surface area contributed by atoms with Crippen molar-refractivity contribution in [2.45, 2.75) is 52.4 Å². The van der Waals surface area contributed by atoms with E-state index in [1.165, 1.54) is 19.3 Å². The van der Waals surface area contributed by atoms with Gasteiger partial charge in [0, 0.05) is 19.5 Å². The molecule has 1 aliphatic carbocycles. The van der Waals surface area contributed by atoms with Crippen LogP contribution in [0, 0.1) is 10.8 Å². The first-order valence-electron chi connectivity index (χ1n) is 6.85. The number of hydrogen-bond donors (Lipinski definition) is 1. The summed E-state index contributed by atoms with van der Waals surface area (Å²) in [6.45, 7) is 6.45. The molecule has 2 fully saturated rings. The summed E-state index contributed by atoms with van der Waals surface area (Å²) in [6, 6.07) is 0. The second-order valence-electron chi connectivity index (χ2n) is 6.74. The van der Waals surface area contributed by atoms with Gasteiger partial charge in [0.05, 0.1) is 0 Å². The summed E-state index contributed by atoms with van der Waals surface area (Å²) in [4.78, 5) is 14.3. The summed E-state index contributed by atoms with van der Waals surface area (Å²) in [5, 5.41) is 0. The Hall–Kier alpha value is -0.180. The van der Waals surface area contributed by atoms with Gasteiger partial charge in [0.1, 0.15) is 0 Å². The van der Waals surface area contributed by atoms with Gasteiger partial charge in [-0.2, -0.15) is 12.6 Å². The summed E-state index contributed by atoms with van der Waals surface area (Å²) in [7, 11) is 0. The predicted octanol–water partition coefficient (Wildman–Crippen LogP) is 3.13. The van der Waals surface area contributed by atoms with Crippen LogP contribution in [0.3, 0.4) is 0 Å². The molecule has 0 aromatic heterocycles. The van der Waals surface area contributed by atoms with Gasteiger partial charge in [-0.1, -0.05) is 20.3 Å². The van der Waals surface area contributed by atoms with Crippen molar-refractivity contribution in [3.05, 3.63) is 0 Å². The average molecular weight is 255 g/mol. The predicted molar refractivity (Wildman–Crippen MR) is 74.3 cm³/mol. The summed E-state index contributed by atoms with van der Waals surface area (Å²) in [5.74, 6) is 1.30. The molecule has 1 saturated heterocycles. The van der Waals surface area contributed by atoms with E-state index in [1.54, 1.807) is 0 Å². The van der Waals surface area contributed by atoms with Crippen LogP contribution in [-0.2, 0) is 4.79 Å². The van der Waals surface area contributed by atoms with Gasteiger partial charge in [-0.05, 0) is 42.3 Å². The van der Waals surface area contributed by atoms with Gasteiger partial charge < -0.3 is 4.90 Å². The van der Waals surface area contributed by atoms with Crippen molar-refractivity contribution in [2.75, 3.05) is 18.8 Å². The van der Waals surface area contributed by atoms with Crippen LogP contribution in [0.1, 0.15) is 52.4 Å². The zero-order valence-electron chi connectivity index (χ0n) is 11.2. The van der Waals surface area contributed by atoms with Crippen molar-refractivity contribution in [2.24, 2.45) is 10.8 Å². The molecule has 3 heteroatoms. The Labute approximate surface area is 111 Å². The molecular formula is C14H25NOS. The molecule has 98 valence electrons. The van der Waals surface area contributed by atoms with E-state index in [0.717, 1.165) is 38.1 Å². The molecule has 1 amide bonds. The van der Waals surface area contributed by atoms with Crippen LogP contribution in [-0.4, -0.2) is 29.6 Å². The van der Waals surface area contributed by atoms with Crippen molar-refractivity contribution in [3.8, 4) is 0 Å². The van der Waals surface area contributed by atoms with E-state index in [-0.39, 0.29) is 0 Å². The van der Waals surface area contributed by atoms with E-state index in [0.29, 0.717) is 16.7 Å². The summed E-state index contributed by atoms with van der Waals surface area (Å²) in [6.07, 6.45) is 6.73. The van der Waals surface area contributed by atoms with Gasteiger partial charge in [0.25, 0.3) is 0 Å². The molecule has 0 aromatic rings. The standard InChI is InChI=1S/C14H25NOS/c1-13(2)7-4-12(16)15(9-8-13)10-14(11-17)5-3-6-14/h17H,3-11H2,1-2H3. The van der Waals surface area contributed by atoms with Crippen LogP contribution < -0.4 is 0 Å². The van der Waals surface area contributed by atoms with Crippen LogP contribution in [0.4, 0.5) is 0 Å². The lowest BCUT2D eigenvalue weighted by atomic mass is 9.70. The van der Waals surface area contributed by atoms with Crippen molar-refractivity contribution in [1.29, 1.82) is 0 Å². The SMILES string of the molecule is CC1(C)CCC(=O)N(CC2(CS)CCC2)CC1. The summed E-state index contributed by atoms with van der Waals surface area (Å²) < 4.78 is 0. The third-order valence-corrected chi connectivity index (χ3v) is 5.37. The van der Waals surface area contributed by atoms with Crippen LogP contribution in [0.5, 0.6) is 0 Å². The lowest BCUT2D eigenvalue weighted by Crippen LogP contribution is -2.46. The lowest BCUT2D eigenvalue weighted by molar-refractivity contribution is -0.133. The van der Waals surface area contributed by atoms with Gasteiger partial charge >= 0.3 is 0 Å². The highest BCUT2D eigenvalue weighted by Gasteiger charge is 2.39. The van der Waals surface area contributed by atoms with Crippen molar-refractivity contribution >= 4 is 18.5 Å². The van der Waals surface area contributed by atoms with Crippen molar-refractivity contribution < 1.29 is 4.79 Å². The van der Waals surface area contributed by atoms with E-state index in [9.17, 15) is 4.79 Å². The molecule has 2 aliphatic rings. The van der Waals surface area contributed by atoms with Gasteiger partial charge in [-0.3, -0.25) is 4.79 Å². The van der Waals surface area contributed by atoms with E-state index in [1.807, 2.05) is 0 Å². The molecular weight excluding hydrogens is 230 g/mol. The minimum absolute atomic E-state index is 0.331. The molecule has 0 unspecified atom stereocenters. The fourth-order valence-electron chi connectivity index (χ4n) is 2.91. The van der Waals surface area contributed by atoms with E-state index < -0.39 is 0 Å². The second-order valence-corrected chi connectivity index (χ2v) is 7.06. The zero-order chi connectivity index (χ0) is 12.5. The average Bonchev–Trinajstić information content (AvgIpc) is 2.35. The van der Waals surface area contributed by atoms with Gasteiger partial charge in [0.2, 0.25) is 5.91 Å². The number of amides is 1. The minimum Gasteiger partial charge on any atom is -0.342 e. The Bertz CT molecular complexity index is 291. The molecule has 1 aliphatic heterocycles. The molecule has 2 nitrogen and oxygen atoms in total. The smallest absolute Gasteiger partial charge is 0.222 e. The third-order valence-electron chi connectivity index (χ3n) is 4.70. The molecule has 0 atom stereocenters. The molecule has 0 spiro atoms. The molecule has 0 aromatic carbocycles. The van der Waals surface area contributed by atoms with Crippen LogP contribution in [0.15, 0.2) is 0 Å². The van der Waals surface area contributed by atoms with Gasteiger partial charge in [-0.25, -0.2) is 0 Å². The van der Waals surface area contributed by atoms with E-state index in [2.05, 4.69) is 31.4 Å². The molecule has 0 radical (unpaired) electrons. The van der Waals surface area contributed by atoms with Crippen LogP contribution >= 0.6 is 12.6 Å². The molecule has 0 bridgehead atoms. The third kappa shape index (κ3) is 2.98. The Morgan fingerprint density at radius 2 is 1.94 bits per heavy atom. The van der Waals surface area contributed by atoms with Crippen molar-refractivity contribution in [3.63, 3.8) is 0 Å². The molecule has 17 heavy (non-hydrogen) atoms. The highest BCUT2D eigenvalue weighted by molar-refractivity contribution is 7.80. The zero-order valence-corrected chi connectivity index (χ0v) is 12.1. The number of carbonyl (C=O) groups excluding carboxylic acids is 1. The highest BCUT2D eigenvalue weighted by Crippen LogP contribution is 2.43. The Morgan fingerprint density at radius 1 is 1.24 bits per heavy atom. The Balaban J connectivity index is 1.98. The maximum absolute atomic E-state index is 12.1. The number of hydrogen-bond acceptors (Lipinski definition) is 2. The van der Waals surface area contributed by atoms with Gasteiger partial charge in [-0.15, -0.1) is 0 Å². The monoisotopic (exact) mass is 255 g/mol. The van der Waals surface area contributed by atoms with Crippen LogP contribution in [0.25, 0.3) is 0 Å². The summed E-state index contributed by atoms with van der Waals surface area (Å²) in [5.41, 5.74) is 0.672. The Morgan fingerprint density at radius 3 is 2.47 bits per heavy atom. The van der Waals surface area contributed by atoms with Gasteiger partial charge in [0.15, 0.2) is 0 Å². The van der Waals surface area contributed by atoms with Crippen molar-refractivity contribution in [1.82, 2.24) is 4.90 Å². The minimum atomic E-state index is 0.331. The fraction of sp³-hybridized carbons (Fsp3) is 0.929. The first-order chi connectivity index (χ1) is 7.96. The van der Waals surface area contributed by atoms with E-state index >= 15 is 0 Å². The number of nitrogens with zero attached hydrogens (tertiary/aromatic N) is 1. The molecule has 1 heterocycles. The molecule has 2 rings (SSSR count). The quantitative estimate of drug-likeness (QED) is 0.768. The topological polar surface area (TPSA) is 20.3 Å². The highest BCUT2D eigenvalue weighted by atomic mass is 32.1. The molecule has 0 N–H and O–H groups in total. The number of thiol groups is 1. The molecule has 1 saturated carbocycles. The summed E-state index contributed by atoms with van der Waals surface area (Å²) >= 11 is 4.48.